The largest absolute Gasteiger partial charge is 0.302 e. The third-order valence-corrected chi connectivity index (χ3v) is 5.00. The Morgan fingerprint density at radius 1 is 1.35 bits per heavy atom. The lowest BCUT2D eigenvalue weighted by Gasteiger charge is -2.49. The molecule has 4 heteroatoms. The van der Waals surface area contributed by atoms with E-state index in [0.29, 0.717) is 0 Å². The summed E-state index contributed by atoms with van der Waals surface area (Å²) in [6.07, 6.45) is 6.82. The van der Waals surface area contributed by atoms with Gasteiger partial charge in [-0.1, -0.05) is 13.0 Å². The number of hydrogen-bond donors (Lipinski definition) is 2. The van der Waals surface area contributed by atoms with Crippen LogP contribution in [0.3, 0.4) is 0 Å². The van der Waals surface area contributed by atoms with Gasteiger partial charge in [0.05, 0.1) is 6.04 Å². The molecule has 0 saturated heterocycles. The zero-order valence-corrected chi connectivity index (χ0v) is 13.2. The highest BCUT2D eigenvalue weighted by Gasteiger charge is 2.43. The van der Waals surface area contributed by atoms with Gasteiger partial charge in [-0.05, 0) is 64.3 Å². The molecule has 1 aromatic rings. The summed E-state index contributed by atoms with van der Waals surface area (Å²) < 4.78 is 0. The van der Waals surface area contributed by atoms with E-state index in [1.165, 1.54) is 31.2 Å². The van der Waals surface area contributed by atoms with Crippen LogP contribution in [0.25, 0.3) is 0 Å². The number of likely N-dealkylation sites (N-methyl/N-ethyl adjacent to an activating group) is 1. The lowest BCUT2D eigenvalue weighted by atomic mass is 9.70. The molecule has 1 aromatic heterocycles. The molecule has 4 nitrogen and oxygen atoms in total. The number of nitrogens with zero attached hydrogens (tertiary/aromatic N) is 2. The number of rotatable bonds is 4. The van der Waals surface area contributed by atoms with Crippen LogP contribution in [0, 0.1) is 12.8 Å². The van der Waals surface area contributed by atoms with Crippen LogP contribution in [0.1, 0.15) is 49.9 Å². The second-order valence-electron chi connectivity index (χ2n) is 6.51. The van der Waals surface area contributed by atoms with Crippen molar-refractivity contribution in [2.75, 3.05) is 14.1 Å². The van der Waals surface area contributed by atoms with Gasteiger partial charge >= 0.3 is 0 Å². The van der Waals surface area contributed by atoms with Crippen LogP contribution in [0.15, 0.2) is 18.3 Å². The third kappa shape index (κ3) is 2.87. The molecule has 1 heterocycles. The Hall–Kier alpha value is -0.970. The minimum atomic E-state index is 0.0815. The van der Waals surface area contributed by atoms with Gasteiger partial charge in [0.15, 0.2) is 0 Å². The topological polar surface area (TPSA) is 54.2 Å². The molecule has 2 rings (SSSR count). The summed E-state index contributed by atoms with van der Waals surface area (Å²) in [6, 6.07) is 4.34. The lowest BCUT2D eigenvalue weighted by Crippen LogP contribution is -2.56. The first-order valence-corrected chi connectivity index (χ1v) is 7.55. The fourth-order valence-electron chi connectivity index (χ4n) is 3.47. The number of nitrogens with two attached hydrogens (primary N) is 1. The van der Waals surface area contributed by atoms with Crippen molar-refractivity contribution in [3.63, 3.8) is 0 Å². The molecule has 0 spiro atoms. The Morgan fingerprint density at radius 2 is 2.00 bits per heavy atom. The average molecular weight is 276 g/mol. The molecular formula is C16H28N4. The SMILES string of the molecule is Cc1ccc(C(NN)C2(N(C)C)CCC(C)CC2)cn1. The van der Waals surface area contributed by atoms with Gasteiger partial charge in [-0.2, -0.15) is 0 Å². The van der Waals surface area contributed by atoms with Crippen molar-refractivity contribution in [2.45, 2.75) is 51.1 Å². The standard InChI is InChI=1S/C16H28N4/c1-12-7-9-16(10-8-12,20(3)4)15(19-17)14-6-5-13(2)18-11-14/h5-6,11-12,15,19H,7-10,17H2,1-4H3. The fraction of sp³-hybridized carbons (Fsp3) is 0.688. The Bertz CT molecular complexity index is 419. The van der Waals surface area contributed by atoms with Crippen molar-refractivity contribution in [2.24, 2.45) is 11.8 Å². The van der Waals surface area contributed by atoms with E-state index in [1.807, 2.05) is 13.1 Å². The molecule has 1 atom stereocenters. The summed E-state index contributed by atoms with van der Waals surface area (Å²) in [4.78, 5) is 6.78. The molecule has 1 aliphatic rings. The second kappa shape index (κ2) is 6.20. The first kappa shape index (κ1) is 15.4. The van der Waals surface area contributed by atoms with E-state index in [4.69, 9.17) is 5.84 Å². The lowest BCUT2D eigenvalue weighted by molar-refractivity contribution is 0.0427. The van der Waals surface area contributed by atoms with Crippen molar-refractivity contribution in [1.82, 2.24) is 15.3 Å². The molecule has 0 radical (unpaired) electrons. The van der Waals surface area contributed by atoms with Gasteiger partial charge in [0.1, 0.15) is 0 Å². The predicted octanol–water partition coefficient (Wildman–Crippen LogP) is 2.40. The zero-order valence-electron chi connectivity index (χ0n) is 13.2. The molecule has 0 aliphatic heterocycles. The first-order valence-electron chi connectivity index (χ1n) is 7.55. The third-order valence-electron chi connectivity index (χ3n) is 5.00. The van der Waals surface area contributed by atoms with Crippen molar-refractivity contribution in [3.8, 4) is 0 Å². The van der Waals surface area contributed by atoms with E-state index in [-0.39, 0.29) is 11.6 Å². The minimum absolute atomic E-state index is 0.0815. The van der Waals surface area contributed by atoms with Gasteiger partial charge in [-0.3, -0.25) is 16.3 Å². The van der Waals surface area contributed by atoms with Crippen LogP contribution in [0.2, 0.25) is 0 Å². The smallest absolute Gasteiger partial charge is 0.0658 e. The highest BCUT2D eigenvalue weighted by atomic mass is 15.3. The van der Waals surface area contributed by atoms with Crippen LogP contribution in [0.4, 0.5) is 0 Å². The Morgan fingerprint density at radius 3 is 2.45 bits per heavy atom. The average Bonchev–Trinajstić information content (AvgIpc) is 2.43. The molecule has 0 aromatic carbocycles. The van der Waals surface area contributed by atoms with Crippen LogP contribution >= 0.6 is 0 Å². The van der Waals surface area contributed by atoms with Crippen LogP contribution in [-0.4, -0.2) is 29.5 Å². The summed E-state index contributed by atoms with van der Waals surface area (Å²) in [5, 5.41) is 0. The van der Waals surface area contributed by atoms with Gasteiger partial charge < -0.3 is 4.90 Å². The predicted molar refractivity (Wildman–Crippen MR) is 83.1 cm³/mol. The zero-order chi connectivity index (χ0) is 14.8. The van der Waals surface area contributed by atoms with Gasteiger partial charge in [-0.25, -0.2) is 0 Å². The molecule has 1 fully saturated rings. The Kier molecular flexibility index (Phi) is 4.78. The number of hydrogen-bond acceptors (Lipinski definition) is 4. The number of aryl methyl sites for hydroxylation is 1. The maximum absolute atomic E-state index is 5.93. The van der Waals surface area contributed by atoms with E-state index in [2.05, 4.69) is 48.5 Å². The van der Waals surface area contributed by atoms with Crippen molar-refractivity contribution in [3.05, 3.63) is 29.6 Å². The van der Waals surface area contributed by atoms with Crippen molar-refractivity contribution < 1.29 is 0 Å². The van der Waals surface area contributed by atoms with E-state index in [0.717, 1.165) is 11.6 Å². The highest BCUT2D eigenvalue weighted by molar-refractivity contribution is 5.22. The molecule has 1 unspecified atom stereocenters. The Balaban J connectivity index is 2.33. The van der Waals surface area contributed by atoms with Crippen molar-refractivity contribution in [1.29, 1.82) is 0 Å². The molecule has 20 heavy (non-hydrogen) atoms. The van der Waals surface area contributed by atoms with E-state index in [1.54, 1.807) is 0 Å². The Labute approximate surface area is 122 Å². The minimum Gasteiger partial charge on any atom is -0.302 e. The normalized spacial score (nSPS) is 28.6. The summed E-state index contributed by atoms with van der Waals surface area (Å²) in [7, 11) is 4.34. The maximum atomic E-state index is 5.93. The summed E-state index contributed by atoms with van der Waals surface area (Å²) in [6.45, 7) is 4.36. The van der Waals surface area contributed by atoms with E-state index >= 15 is 0 Å². The van der Waals surface area contributed by atoms with Crippen molar-refractivity contribution >= 4 is 0 Å². The summed E-state index contributed by atoms with van der Waals surface area (Å²) in [5.74, 6) is 6.74. The van der Waals surface area contributed by atoms with Gasteiger partial charge in [0.2, 0.25) is 0 Å². The number of pyridine rings is 1. The summed E-state index contributed by atoms with van der Waals surface area (Å²) in [5.41, 5.74) is 5.37. The fourth-order valence-corrected chi connectivity index (χ4v) is 3.47. The van der Waals surface area contributed by atoms with Crippen LogP contribution < -0.4 is 11.3 Å². The van der Waals surface area contributed by atoms with E-state index < -0.39 is 0 Å². The van der Waals surface area contributed by atoms with Crippen LogP contribution in [0.5, 0.6) is 0 Å². The van der Waals surface area contributed by atoms with Gasteiger partial charge in [0, 0.05) is 17.4 Å². The molecule has 0 amide bonds. The van der Waals surface area contributed by atoms with E-state index in [9.17, 15) is 0 Å². The number of hydrazine groups is 1. The maximum Gasteiger partial charge on any atom is 0.0658 e. The van der Waals surface area contributed by atoms with Gasteiger partial charge in [0.25, 0.3) is 0 Å². The highest BCUT2D eigenvalue weighted by Crippen LogP contribution is 2.43. The summed E-state index contributed by atoms with van der Waals surface area (Å²) >= 11 is 0. The number of nitrogens with one attached hydrogen (secondary N) is 1. The van der Waals surface area contributed by atoms with Crippen LogP contribution in [-0.2, 0) is 0 Å². The molecule has 112 valence electrons. The molecule has 3 N–H and O–H groups in total. The molecule has 1 aliphatic carbocycles. The molecular weight excluding hydrogens is 248 g/mol. The monoisotopic (exact) mass is 276 g/mol. The molecule has 1 saturated carbocycles. The molecule has 0 bridgehead atoms. The van der Waals surface area contributed by atoms with Gasteiger partial charge in [-0.15, -0.1) is 0 Å². The first-order chi connectivity index (χ1) is 9.49. The quantitative estimate of drug-likeness (QED) is 0.655. The second-order valence-corrected chi connectivity index (χ2v) is 6.51. The number of aromatic nitrogens is 1.